The van der Waals surface area contributed by atoms with E-state index in [-0.39, 0.29) is 12.4 Å². The molecule has 1 aromatic carbocycles. The summed E-state index contributed by atoms with van der Waals surface area (Å²) in [5.74, 6) is -3.84. The van der Waals surface area contributed by atoms with Crippen molar-refractivity contribution >= 4 is 34.0 Å². The van der Waals surface area contributed by atoms with Gasteiger partial charge in [0.15, 0.2) is 0 Å². The number of ether oxygens (including phenoxy) is 1. The zero-order valence-corrected chi connectivity index (χ0v) is 13.1. The van der Waals surface area contributed by atoms with Gasteiger partial charge < -0.3 is 10.5 Å². The Labute approximate surface area is 135 Å². The normalized spacial score (nSPS) is 12.1. The summed E-state index contributed by atoms with van der Waals surface area (Å²) in [6, 6.07) is 2.60. The van der Waals surface area contributed by atoms with Crippen LogP contribution in [0.15, 0.2) is 23.1 Å². The SMILES string of the molecule is Cl.NCC(F)(F)CNS(=O)(=O)c1ccc(OC(F)F)c(Cl)c1. The van der Waals surface area contributed by atoms with Gasteiger partial charge in [0, 0.05) is 0 Å². The van der Waals surface area contributed by atoms with Crippen LogP contribution in [0.3, 0.4) is 0 Å². The second-order valence-corrected chi connectivity index (χ2v) is 6.03. The maximum absolute atomic E-state index is 12.9. The second kappa shape index (κ2) is 8.16. The van der Waals surface area contributed by atoms with Crippen LogP contribution in [0, 0.1) is 0 Å². The van der Waals surface area contributed by atoms with E-state index in [1.807, 2.05) is 0 Å². The number of sulfonamides is 1. The molecule has 0 saturated heterocycles. The summed E-state index contributed by atoms with van der Waals surface area (Å²) in [5.41, 5.74) is 4.77. The molecule has 0 fully saturated rings. The average Bonchev–Trinajstić information content (AvgIpc) is 2.38. The van der Waals surface area contributed by atoms with Crippen molar-refractivity contribution in [2.24, 2.45) is 5.73 Å². The molecule has 0 heterocycles. The molecule has 0 atom stereocenters. The molecule has 0 spiro atoms. The van der Waals surface area contributed by atoms with Gasteiger partial charge in [0.2, 0.25) is 10.0 Å². The lowest BCUT2D eigenvalue weighted by Crippen LogP contribution is -2.41. The van der Waals surface area contributed by atoms with Gasteiger partial charge in [0.1, 0.15) is 5.75 Å². The molecule has 0 unspecified atom stereocenters. The number of hydrogen-bond donors (Lipinski definition) is 2. The Morgan fingerprint density at radius 1 is 1.36 bits per heavy atom. The first-order valence-electron chi connectivity index (χ1n) is 5.39. The highest BCUT2D eigenvalue weighted by Crippen LogP contribution is 2.28. The minimum absolute atomic E-state index is 0. The fourth-order valence-corrected chi connectivity index (χ4v) is 2.57. The molecule has 3 N–H and O–H groups in total. The molecule has 12 heteroatoms. The Balaban J connectivity index is 0.00000441. The van der Waals surface area contributed by atoms with Gasteiger partial charge in [-0.05, 0) is 18.2 Å². The van der Waals surface area contributed by atoms with Crippen LogP contribution in [0.2, 0.25) is 5.02 Å². The van der Waals surface area contributed by atoms with Crippen LogP contribution in [0.1, 0.15) is 0 Å². The highest BCUT2D eigenvalue weighted by molar-refractivity contribution is 7.89. The average molecular weight is 387 g/mol. The monoisotopic (exact) mass is 386 g/mol. The largest absolute Gasteiger partial charge is 0.433 e. The van der Waals surface area contributed by atoms with Crippen molar-refractivity contribution in [3.05, 3.63) is 23.2 Å². The molecule has 0 amide bonds. The summed E-state index contributed by atoms with van der Waals surface area (Å²) in [6.45, 7) is -5.36. The van der Waals surface area contributed by atoms with Crippen molar-refractivity contribution in [3.8, 4) is 5.75 Å². The number of halogens is 6. The molecule has 0 saturated carbocycles. The third-order valence-corrected chi connectivity index (χ3v) is 3.94. The van der Waals surface area contributed by atoms with Crippen LogP contribution in [0.4, 0.5) is 17.6 Å². The number of hydrogen-bond acceptors (Lipinski definition) is 4. The standard InChI is InChI=1S/C10H11ClF4N2O3S.ClH/c11-7-3-6(1-2-8(7)20-9(12)13)21(18,19)17-5-10(14,15)4-16;/h1-3,9,17H,4-5,16H2;1H. The molecule has 0 aromatic heterocycles. The molecule has 1 rings (SSSR count). The molecule has 0 aliphatic carbocycles. The number of rotatable bonds is 7. The van der Waals surface area contributed by atoms with E-state index >= 15 is 0 Å². The highest BCUT2D eigenvalue weighted by Gasteiger charge is 2.29. The number of alkyl halides is 4. The zero-order chi connectivity index (χ0) is 16.3. The topological polar surface area (TPSA) is 81.4 Å². The number of nitrogens with two attached hydrogens (primary N) is 1. The van der Waals surface area contributed by atoms with Gasteiger partial charge in [-0.1, -0.05) is 11.6 Å². The second-order valence-electron chi connectivity index (χ2n) is 3.86. The van der Waals surface area contributed by atoms with Crippen molar-refractivity contribution in [3.63, 3.8) is 0 Å². The molecule has 1 aromatic rings. The van der Waals surface area contributed by atoms with Gasteiger partial charge in [0.05, 0.1) is 23.0 Å². The van der Waals surface area contributed by atoms with Crippen molar-refractivity contribution in [2.75, 3.05) is 13.1 Å². The highest BCUT2D eigenvalue weighted by atomic mass is 35.5. The van der Waals surface area contributed by atoms with Crippen molar-refractivity contribution < 1.29 is 30.7 Å². The minimum Gasteiger partial charge on any atom is -0.433 e. The van der Waals surface area contributed by atoms with Crippen LogP contribution in [-0.4, -0.2) is 34.0 Å². The van der Waals surface area contributed by atoms with Gasteiger partial charge in [0.25, 0.3) is 5.92 Å². The Kier molecular flexibility index (Phi) is 7.86. The first kappa shape index (κ1) is 21.2. The van der Waals surface area contributed by atoms with Gasteiger partial charge in [-0.15, -0.1) is 12.4 Å². The third kappa shape index (κ3) is 6.13. The quantitative estimate of drug-likeness (QED) is 0.704. The summed E-state index contributed by atoms with van der Waals surface area (Å²) in [4.78, 5) is -0.470. The Morgan fingerprint density at radius 2 is 1.95 bits per heavy atom. The summed E-state index contributed by atoms with van der Waals surface area (Å²) < 4.78 is 79.0. The lowest BCUT2D eigenvalue weighted by atomic mass is 10.3. The van der Waals surface area contributed by atoms with Crippen LogP contribution in [-0.2, 0) is 10.0 Å². The molecular formula is C10H12Cl2F4N2O3S. The molecule has 128 valence electrons. The number of benzene rings is 1. The third-order valence-electron chi connectivity index (χ3n) is 2.25. The van der Waals surface area contributed by atoms with E-state index in [1.54, 1.807) is 4.72 Å². The van der Waals surface area contributed by atoms with Crippen molar-refractivity contribution in [1.29, 1.82) is 0 Å². The minimum atomic E-state index is -4.28. The summed E-state index contributed by atoms with van der Waals surface area (Å²) in [6.07, 6.45) is 0. The van der Waals surface area contributed by atoms with Crippen LogP contribution < -0.4 is 15.2 Å². The van der Waals surface area contributed by atoms with Gasteiger partial charge >= 0.3 is 6.61 Å². The molecule has 0 radical (unpaired) electrons. The van der Waals surface area contributed by atoms with Gasteiger partial charge in [-0.3, -0.25) is 0 Å². The van der Waals surface area contributed by atoms with E-state index in [4.69, 9.17) is 17.3 Å². The van der Waals surface area contributed by atoms with Crippen LogP contribution >= 0.6 is 24.0 Å². The fourth-order valence-electron chi connectivity index (χ4n) is 1.20. The molecule has 5 nitrogen and oxygen atoms in total. The number of nitrogens with one attached hydrogen (secondary N) is 1. The van der Waals surface area contributed by atoms with E-state index < -0.39 is 51.3 Å². The van der Waals surface area contributed by atoms with E-state index in [1.165, 1.54) is 0 Å². The maximum Gasteiger partial charge on any atom is 0.387 e. The summed E-state index contributed by atoms with van der Waals surface area (Å²) >= 11 is 5.58. The zero-order valence-electron chi connectivity index (χ0n) is 10.7. The lowest BCUT2D eigenvalue weighted by molar-refractivity contribution is -0.0498. The van der Waals surface area contributed by atoms with Crippen LogP contribution in [0.25, 0.3) is 0 Å². The van der Waals surface area contributed by atoms with E-state index in [0.29, 0.717) is 0 Å². The Morgan fingerprint density at radius 3 is 2.41 bits per heavy atom. The molecule has 0 aliphatic rings. The fraction of sp³-hybridized carbons (Fsp3) is 0.400. The van der Waals surface area contributed by atoms with Gasteiger partial charge in [-0.2, -0.15) is 8.78 Å². The van der Waals surface area contributed by atoms with E-state index in [2.05, 4.69) is 4.74 Å². The lowest BCUT2D eigenvalue weighted by Gasteiger charge is -2.15. The summed E-state index contributed by atoms with van der Waals surface area (Å²) in [5, 5.41) is -0.399. The smallest absolute Gasteiger partial charge is 0.387 e. The Bertz CT molecular complexity index is 602. The van der Waals surface area contributed by atoms with Gasteiger partial charge in [-0.25, -0.2) is 21.9 Å². The first-order chi connectivity index (χ1) is 9.57. The predicted molar refractivity (Wildman–Crippen MR) is 74.5 cm³/mol. The van der Waals surface area contributed by atoms with Crippen molar-refractivity contribution in [2.45, 2.75) is 17.4 Å². The first-order valence-corrected chi connectivity index (χ1v) is 7.25. The van der Waals surface area contributed by atoms with Crippen LogP contribution in [0.5, 0.6) is 5.75 Å². The predicted octanol–water partition coefficient (Wildman–Crippen LogP) is 2.24. The van der Waals surface area contributed by atoms with Crippen molar-refractivity contribution in [1.82, 2.24) is 4.72 Å². The molecule has 22 heavy (non-hydrogen) atoms. The Hall–Kier alpha value is -0.810. The molecule has 0 aliphatic heterocycles. The molecular weight excluding hydrogens is 375 g/mol. The summed E-state index contributed by atoms with van der Waals surface area (Å²) in [7, 11) is -4.28. The molecule has 0 bridgehead atoms. The maximum atomic E-state index is 12.9. The van der Waals surface area contributed by atoms with E-state index in [9.17, 15) is 26.0 Å². The van der Waals surface area contributed by atoms with E-state index in [0.717, 1.165) is 18.2 Å².